The minimum absolute atomic E-state index is 0.155. The molecule has 2 heterocycles. The van der Waals surface area contributed by atoms with Crippen LogP contribution in [0.25, 0.3) is 0 Å². The lowest BCUT2D eigenvalue weighted by molar-refractivity contribution is -0.158. The van der Waals surface area contributed by atoms with E-state index in [4.69, 9.17) is 4.74 Å². The van der Waals surface area contributed by atoms with Crippen molar-refractivity contribution >= 4 is 11.8 Å². The van der Waals surface area contributed by atoms with E-state index in [1.54, 1.807) is 4.90 Å². The normalized spacial score (nSPS) is 23.4. The number of hydrogen-bond acceptors (Lipinski definition) is 3. The Morgan fingerprint density at radius 2 is 1.77 bits per heavy atom. The lowest BCUT2D eigenvalue weighted by atomic mass is 9.88. The molecule has 0 N–H and O–H groups in total. The van der Waals surface area contributed by atoms with Gasteiger partial charge in [0.15, 0.2) is 0 Å². The molecular formula is C23H27F3N2O3. The molecule has 2 amide bonds. The van der Waals surface area contributed by atoms with Gasteiger partial charge in [0.2, 0.25) is 5.91 Å². The van der Waals surface area contributed by atoms with E-state index in [9.17, 15) is 22.8 Å². The summed E-state index contributed by atoms with van der Waals surface area (Å²) >= 11 is 0. The van der Waals surface area contributed by atoms with Crippen LogP contribution in [0.3, 0.4) is 0 Å². The molecule has 2 saturated heterocycles. The molecule has 1 spiro atoms. The SMILES string of the molecule is O=C(CC1C=CCC1)N1CCOC2(CCN(C(=O)c3ccc(C(F)(F)F)cc3)CC2)C1. The van der Waals surface area contributed by atoms with Gasteiger partial charge in [-0.2, -0.15) is 13.2 Å². The zero-order chi connectivity index (χ0) is 22.1. The van der Waals surface area contributed by atoms with Crippen LogP contribution >= 0.6 is 0 Å². The van der Waals surface area contributed by atoms with Crippen molar-refractivity contribution in [3.63, 3.8) is 0 Å². The maximum Gasteiger partial charge on any atom is 0.416 e. The summed E-state index contributed by atoms with van der Waals surface area (Å²) < 4.78 is 44.3. The third-order valence-corrected chi connectivity index (χ3v) is 6.57. The lowest BCUT2D eigenvalue weighted by Gasteiger charge is -2.47. The van der Waals surface area contributed by atoms with Gasteiger partial charge in [-0.05, 0) is 55.9 Å². The molecule has 1 aromatic rings. The van der Waals surface area contributed by atoms with E-state index >= 15 is 0 Å². The first kappa shape index (κ1) is 21.9. The van der Waals surface area contributed by atoms with E-state index in [0.29, 0.717) is 58.0 Å². The highest BCUT2D eigenvalue weighted by Gasteiger charge is 2.42. The molecule has 168 valence electrons. The van der Waals surface area contributed by atoms with E-state index in [1.807, 2.05) is 4.90 Å². The Morgan fingerprint density at radius 3 is 2.39 bits per heavy atom. The number of morpholine rings is 1. The lowest BCUT2D eigenvalue weighted by Crippen LogP contribution is -2.58. The maximum atomic E-state index is 12.7. The van der Waals surface area contributed by atoms with Crippen molar-refractivity contribution in [2.75, 3.05) is 32.8 Å². The largest absolute Gasteiger partial charge is 0.416 e. The van der Waals surface area contributed by atoms with Crippen LogP contribution in [0.5, 0.6) is 0 Å². The van der Waals surface area contributed by atoms with E-state index in [-0.39, 0.29) is 17.4 Å². The van der Waals surface area contributed by atoms with Gasteiger partial charge in [-0.15, -0.1) is 0 Å². The van der Waals surface area contributed by atoms with E-state index < -0.39 is 17.3 Å². The van der Waals surface area contributed by atoms with Gasteiger partial charge in [0.05, 0.1) is 17.8 Å². The molecule has 4 rings (SSSR count). The number of likely N-dealkylation sites (tertiary alicyclic amines) is 1. The van der Waals surface area contributed by atoms with E-state index in [2.05, 4.69) is 12.2 Å². The summed E-state index contributed by atoms with van der Waals surface area (Å²) in [5.74, 6) is 0.206. The van der Waals surface area contributed by atoms with Crippen LogP contribution in [0.15, 0.2) is 36.4 Å². The number of ether oxygens (including phenoxy) is 1. The maximum absolute atomic E-state index is 12.7. The summed E-state index contributed by atoms with van der Waals surface area (Å²) in [6, 6.07) is 4.33. The third kappa shape index (κ3) is 4.95. The summed E-state index contributed by atoms with van der Waals surface area (Å²) in [4.78, 5) is 29.0. The van der Waals surface area contributed by atoms with Crippen molar-refractivity contribution in [1.82, 2.24) is 9.80 Å². The molecule has 5 nitrogen and oxygen atoms in total. The average Bonchev–Trinajstić information content (AvgIpc) is 3.26. The molecule has 1 unspecified atom stereocenters. The quantitative estimate of drug-likeness (QED) is 0.676. The number of carbonyl (C=O) groups is 2. The Morgan fingerprint density at radius 1 is 1.06 bits per heavy atom. The van der Waals surface area contributed by atoms with Gasteiger partial charge in [-0.25, -0.2) is 0 Å². The highest BCUT2D eigenvalue weighted by atomic mass is 19.4. The molecule has 31 heavy (non-hydrogen) atoms. The van der Waals surface area contributed by atoms with Crippen molar-refractivity contribution in [1.29, 1.82) is 0 Å². The molecule has 1 atom stereocenters. The Balaban J connectivity index is 1.33. The van der Waals surface area contributed by atoms with Gasteiger partial charge in [0, 0.05) is 38.2 Å². The summed E-state index contributed by atoms with van der Waals surface area (Å²) in [5.41, 5.74) is -0.971. The summed E-state index contributed by atoms with van der Waals surface area (Å²) in [6.07, 6.45) is 3.64. The molecule has 3 aliphatic rings. The van der Waals surface area contributed by atoms with Crippen molar-refractivity contribution < 1.29 is 27.5 Å². The minimum Gasteiger partial charge on any atom is -0.371 e. The van der Waals surface area contributed by atoms with Crippen molar-refractivity contribution in [3.8, 4) is 0 Å². The molecule has 0 radical (unpaired) electrons. The third-order valence-electron chi connectivity index (χ3n) is 6.57. The second-order valence-electron chi connectivity index (χ2n) is 8.68. The van der Waals surface area contributed by atoms with Crippen LogP contribution in [0, 0.1) is 5.92 Å². The summed E-state index contributed by atoms with van der Waals surface area (Å²) in [5, 5.41) is 0. The number of rotatable bonds is 3. The second kappa shape index (κ2) is 8.65. The zero-order valence-corrected chi connectivity index (χ0v) is 17.4. The van der Waals surface area contributed by atoms with Crippen molar-refractivity contribution in [2.45, 2.75) is 43.9 Å². The molecule has 1 aromatic carbocycles. The fourth-order valence-corrected chi connectivity index (χ4v) is 4.68. The second-order valence-corrected chi connectivity index (χ2v) is 8.68. The number of amides is 2. The summed E-state index contributed by atoms with van der Waals surface area (Å²) in [7, 11) is 0. The van der Waals surface area contributed by atoms with Crippen LogP contribution in [0.4, 0.5) is 13.2 Å². The molecule has 0 saturated carbocycles. The first-order valence-electron chi connectivity index (χ1n) is 10.8. The number of piperidine rings is 1. The predicted molar refractivity (Wildman–Crippen MR) is 108 cm³/mol. The van der Waals surface area contributed by atoms with Crippen LogP contribution in [-0.4, -0.2) is 60.0 Å². The fraction of sp³-hybridized carbons (Fsp3) is 0.565. The number of alkyl halides is 3. The predicted octanol–water partition coefficient (Wildman–Crippen LogP) is 3.90. The Hall–Kier alpha value is -2.35. The number of nitrogens with zero attached hydrogens (tertiary/aromatic N) is 2. The Labute approximate surface area is 179 Å². The Kier molecular flexibility index (Phi) is 6.10. The highest BCUT2D eigenvalue weighted by molar-refractivity contribution is 5.94. The standard InChI is InChI=1S/C23H27F3N2O3/c24-23(25,26)19-7-5-18(6-8-19)21(30)27-11-9-22(10-12-27)16-28(13-14-31-22)20(29)15-17-3-1-2-4-17/h1,3,5-8,17H,2,4,9-16H2. The number of allylic oxidation sites excluding steroid dienone is 2. The molecular weight excluding hydrogens is 409 g/mol. The Bertz CT molecular complexity index is 843. The van der Waals surface area contributed by atoms with Crippen LogP contribution in [0.1, 0.15) is 48.0 Å². The topological polar surface area (TPSA) is 49.9 Å². The van der Waals surface area contributed by atoms with Crippen molar-refractivity contribution in [3.05, 3.63) is 47.5 Å². The van der Waals surface area contributed by atoms with Crippen LogP contribution < -0.4 is 0 Å². The fourth-order valence-electron chi connectivity index (χ4n) is 4.68. The van der Waals surface area contributed by atoms with Crippen LogP contribution in [-0.2, 0) is 15.7 Å². The van der Waals surface area contributed by atoms with Gasteiger partial charge in [-0.3, -0.25) is 9.59 Å². The number of halogens is 3. The zero-order valence-electron chi connectivity index (χ0n) is 17.4. The van der Waals surface area contributed by atoms with Gasteiger partial charge in [0.25, 0.3) is 5.91 Å². The molecule has 8 heteroatoms. The smallest absolute Gasteiger partial charge is 0.371 e. The monoisotopic (exact) mass is 436 g/mol. The molecule has 2 fully saturated rings. The minimum atomic E-state index is -4.42. The van der Waals surface area contributed by atoms with E-state index in [1.165, 1.54) is 12.1 Å². The molecule has 0 aromatic heterocycles. The average molecular weight is 436 g/mol. The van der Waals surface area contributed by atoms with Gasteiger partial charge < -0.3 is 14.5 Å². The van der Waals surface area contributed by atoms with E-state index in [0.717, 1.165) is 25.0 Å². The number of hydrogen-bond donors (Lipinski definition) is 0. The van der Waals surface area contributed by atoms with Crippen LogP contribution in [0.2, 0.25) is 0 Å². The van der Waals surface area contributed by atoms with Crippen molar-refractivity contribution in [2.24, 2.45) is 5.92 Å². The molecule has 2 aliphatic heterocycles. The molecule has 0 bridgehead atoms. The van der Waals surface area contributed by atoms with Gasteiger partial charge in [-0.1, -0.05) is 12.2 Å². The van der Waals surface area contributed by atoms with Gasteiger partial charge >= 0.3 is 6.18 Å². The van der Waals surface area contributed by atoms with Gasteiger partial charge in [0.1, 0.15) is 0 Å². The number of carbonyl (C=O) groups excluding carboxylic acids is 2. The highest BCUT2D eigenvalue weighted by Crippen LogP contribution is 2.33. The first-order valence-corrected chi connectivity index (χ1v) is 10.8. The first-order chi connectivity index (χ1) is 14.8. The summed E-state index contributed by atoms with van der Waals surface area (Å²) in [6.45, 7) is 2.51. The number of benzene rings is 1. The molecule has 1 aliphatic carbocycles.